The summed E-state index contributed by atoms with van der Waals surface area (Å²) in [6.45, 7) is 3.62. The maximum absolute atomic E-state index is 15.5. The number of anilines is 1. The number of hydrogen-bond donors (Lipinski definition) is 1. The Labute approximate surface area is 169 Å². The fourth-order valence-corrected chi connectivity index (χ4v) is 4.44. The van der Waals surface area contributed by atoms with Crippen LogP contribution in [0, 0.1) is 12.7 Å². The minimum absolute atomic E-state index is 0.310. The summed E-state index contributed by atoms with van der Waals surface area (Å²) in [5.41, 5.74) is 8.26. The van der Waals surface area contributed by atoms with Crippen LogP contribution in [0.2, 0.25) is 0 Å². The van der Waals surface area contributed by atoms with Gasteiger partial charge in [-0.1, -0.05) is 0 Å². The molecule has 4 heterocycles. The van der Waals surface area contributed by atoms with Gasteiger partial charge in [0, 0.05) is 80.6 Å². The largest absolute Gasteiger partial charge is 0.381 e. The zero-order valence-electron chi connectivity index (χ0n) is 16.7. The molecule has 0 aromatic carbocycles. The molecule has 2 aliphatic heterocycles. The van der Waals surface area contributed by atoms with E-state index in [1.807, 2.05) is 6.92 Å². The van der Waals surface area contributed by atoms with E-state index in [0.29, 0.717) is 68.0 Å². The van der Waals surface area contributed by atoms with Crippen molar-refractivity contribution in [2.75, 3.05) is 31.8 Å². The molecule has 2 amide bonds. The first kappa shape index (κ1) is 19.7. The average molecular weight is 400 g/mol. The highest BCUT2D eigenvalue weighted by atomic mass is 19.1. The van der Waals surface area contributed by atoms with Crippen molar-refractivity contribution in [3.05, 3.63) is 41.1 Å². The number of rotatable bonds is 3. The second kappa shape index (κ2) is 7.68. The molecule has 154 valence electrons. The molecule has 1 fully saturated rings. The summed E-state index contributed by atoms with van der Waals surface area (Å²) in [6, 6.07) is -0.619. The number of ether oxygens (including phenoxy) is 2. The number of hydrogen-bond acceptors (Lipinski definition) is 5. The first-order valence-corrected chi connectivity index (χ1v) is 9.81. The molecule has 0 unspecified atom stereocenters. The number of urea groups is 1. The minimum atomic E-state index is -0.619. The van der Waals surface area contributed by atoms with Gasteiger partial charge in [0.05, 0.1) is 5.60 Å². The maximum Gasteiger partial charge on any atom is 0.320 e. The van der Waals surface area contributed by atoms with Crippen molar-refractivity contribution in [2.45, 2.75) is 38.2 Å². The van der Waals surface area contributed by atoms with E-state index >= 15 is 4.39 Å². The zero-order chi connectivity index (χ0) is 20.6. The molecule has 8 heteroatoms. The number of methoxy groups -OCH3 is 1. The number of halogens is 1. The van der Waals surface area contributed by atoms with Crippen molar-refractivity contribution in [1.82, 2.24) is 9.97 Å². The summed E-state index contributed by atoms with van der Waals surface area (Å²) in [6.07, 6.45) is 7.50. The lowest BCUT2D eigenvalue weighted by Crippen LogP contribution is -2.40. The number of nitrogens with two attached hydrogens (primary N) is 1. The fourth-order valence-electron chi connectivity index (χ4n) is 4.44. The summed E-state index contributed by atoms with van der Waals surface area (Å²) in [7, 11) is 1.69. The Bertz CT molecular complexity index is 944. The number of fused-ring (bicyclic) bond motifs is 1. The van der Waals surface area contributed by atoms with Gasteiger partial charge in [-0.15, -0.1) is 0 Å². The van der Waals surface area contributed by atoms with Crippen molar-refractivity contribution >= 4 is 11.8 Å². The molecule has 0 spiro atoms. The summed E-state index contributed by atoms with van der Waals surface area (Å²) in [5.74, 6) is -0.0639. The molecule has 4 rings (SSSR count). The Morgan fingerprint density at radius 2 is 2.03 bits per heavy atom. The van der Waals surface area contributed by atoms with Gasteiger partial charge in [-0.3, -0.25) is 9.88 Å². The van der Waals surface area contributed by atoms with Crippen LogP contribution in [0.25, 0.3) is 11.1 Å². The van der Waals surface area contributed by atoms with Crippen molar-refractivity contribution in [1.29, 1.82) is 0 Å². The highest BCUT2D eigenvalue weighted by molar-refractivity contribution is 5.91. The Morgan fingerprint density at radius 3 is 2.72 bits per heavy atom. The van der Waals surface area contributed by atoms with Crippen LogP contribution in [0.1, 0.15) is 36.0 Å². The van der Waals surface area contributed by atoms with E-state index in [1.165, 1.54) is 11.1 Å². The zero-order valence-corrected chi connectivity index (χ0v) is 16.7. The quantitative estimate of drug-likeness (QED) is 0.855. The van der Waals surface area contributed by atoms with Crippen molar-refractivity contribution < 1.29 is 18.7 Å². The predicted molar refractivity (Wildman–Crippen MR) is 106 cm³/mol. The van der Waals surface area contributed by atoms with E-state index in [-0.39, 0.29) is 5.82 Å². The molecular formula is C21H25FN4O3. The van der Waals surface area contributed by atoms with E-state index in [1.54, 1.807) is 19.5 Å². The van der Waals surface area contributed by atoms with Gasteiger partial charge in [0.15, 0.2) is 0 Å². The standard InChI is InChI=1S/C21H25FN4O3/c1-13-15(10-24-12-17(13)21(28-2)5-8-29-9-6-21)16-11-25-19-14(18(16)22)4-3-7-26(19)20(23)27/h10-12H,3-9H2,1-2H3,(H2,23,27). The van der Waals surface area contributed by atoms with Gasteiger partial charge >= 0.3 is 6.03 Å². The van der Waals surface area contributed by atoms with E-state index < -0.39 is 11.6 Å². The molecule has 2 aliphatic rings. The number of nitrogens with zero attached hydrogens (tertiary/aromatic N) is 3. The molecule has 7 nitrogen and oxygen atoms in total. The summed E-state index contributed by atoms with van der Waals surface area (Å²) >= 11 is 0. The lowest BCUT2D eigenvalue weighted by atomic mass is 9.82. The van der Waals surface area contributed by atoms with E-state index in [0.717, 1.165) is 11.1 Å². The van der Waals surface area contributed by atoms with Crippen molar-refractivity contribution in [3.8, 4) is 11.1 Å². The third-order valence-corrected chi connectivity index (χ3v) is 6.10. The van der Waals surface area contributed by atoms with Crippen LogP contribution in [0.3, 0.4) is 0 Å². The number of primary amides is 1. The average Bonchev–Trinajstić information content (AvgIpc) is 2.74. The SMILES string of the molecule is COC1(c2cncc(-c3cnc4c(c3F)CCCN4C(N)=O)c2C)CCOCC1. The minimum Gasteiger partial charge on any atom is -0.381 e. The summed E-state index contributed by atoms with van der Waals surface area (Å²) < 4.78 is 26.9. The Hall–Kier alpha value is -2.58. The lowest BCUT2D eigenvalue weighted by molar-refractivity contribution is -0.0952. The van der Waals surface area contributed by atoms with Gasteiger partial charge in [-0.05, 0) is 25.3 Å². The maximum atomic E-state index is 15.5. The Morgan fingerprint density at radius 1 is 1.28 bits per heavy atom. The predicted octanol–water partition coefficient (Wildman–Crippen LogP) is 3.07. The number of carbonyl (C=O) groups is 1. The third kappa shape index (κ3) is 3.26. The molecule has 0 radical (unpaired) electrons. The van der Waals surface area contributed by atoms with Gasteiger partial charge < -0.3 is 15.2 Å². The number of aromatic nitrogens is 2. The molecule has 0 bridgehead atoms. The van der Waals surface area contributed by atoms with Crippen LogP contribution in [0.5, 0.6) is 0 Å². The van der Waals surface area contributed by atoms with Gasteiger partial charge in [-0.2, -0.15) is 0 Å². The molecule has 0 atom stereocenters. The summed E-state index contributed by atoms with van der Waals surface area (Å²) in [5, 5.41) is 0. The van der Waals surface area contributed by atoms with Crippen LogP contribution in [-0.4, -0.2) is 42.9 Å². The number of amides is 2. The fraction of sp³-hybridized carbons (Fsp3) is 0.476. The Balaban J connectivity index is 1.81. The van der Waals surface area contributed by atoms with Gasteiger partial charge in [-0.25, -0.2) is 14.2 Å². The van der Waals surface area contributed by atoms with Crippen LogP contribution >= 0.6 is 0 Å². The monoisotopic (exact) mass is 400 g/mol. The molecule has 29 heavy (non-hydrogen) atoms. The normalized spacial score (nSPS) is 18.4. The van der Waals surface area contributed by atoms with Crippen molar-refractivity contribution in [3.63, 3.8) is 0 Å². The molecule has 2 N–H and O–H groups in total. The second-order valence-corrected chi connectivity index (χ2v) is 7.55. The van der Waals surface area contributed by atoms with Gasteiger partial charge in [0.1, 0.15) is 11.6 Å². The first-order chi connectivity index (χ1) is 14.0. The molecule has 2 aromatic rings. The first-order valence-electron chi connectivity index (χ1n) is 9.81. The molecule has 2 aromatic heterocycles. The van der Waals surface area contributed by atoms with Gasteiger partial charge in [0.25, 0.3) is 0 Å². The van der Waals surface area contributed by atoms with Crippen molar-refractivity contribution in [2.24, 2.45) is 5.73 Å². The van der Waals surface area contributed by atoms with Crippen LogP contribution in [0.15, 0.2) is 18.6 Å². The highest BCUT2D eigenvalue weighted by Gasteiger charge is 2.37. The number of pyridine rings is 2. The molecule has 0 saturated carbocycles. The highest BCUT2D eigenvalue weighted by Crippen LogP contribution is 2.41. The van der Waals surface area contributed by atoms with Crippen LogP contribution in [0.4, 0.5) is 15.0 Å². The van der Waals surface area contributed by atoms with Crippen LogP contribution < -0.4 is 10.6 Å². The smallest absolute Gasteiger partial charge is 0.320 e. The van der Waals surface area contributed by atoms with E-state index in [2.05, 4.69) is 9.97 Å². The summed E-state index contributed by atoms with van der Waals surface area (Å²) in [4.78, 5) is 21.8. The topological polar surface area (TPSA) is 90.6 Å². The van der Waals surface area contributed by atoms with E-state index in [4.69, 9.17) is 15.2 Å². The van der Waals surface area contributed by atoms with Gasteiger partial charge in [0.2, 0.25) is 0 Å². The molecular weight excluding hydrogens is 375 g/mol. The number of carbonyl (C=O) groups excluding carboxylic acids is 1. The van der Waals surface area contributed by atoms with E-state index in [9.17, 15) is 4.79 Å². The molecule has 0 aliphatic carbocycles. The van der Waals surface area contributed by atoms with Crippen LogP contribution in [-0.2, 0) is 21.5 Å². The lowest BCUT2D eigenvalue weighted by Gasteiger charge is -2.37. The molecule has 1 saturated heterocycles. The Kier molecular flexibility index (Phi) is 5.23. The second-order valence-electron chi connectivity index (χ2n) is 7.55. The third-order valence-electron chi connectivity index (χ3n) is 6.10.